The summed E-state index contributed by atoms with van der Waals surface area (Å²) in [7, 11) is 1.99. The molecule has 2 aromatic heterocycles. The summed E-state index contributed by atoms with van der Waals surface area (Å²) < 4.78 is 43.5. The molecular formula is C29H26ClF3N6O. The Bertz CT molecular complexity index is 1630. The summed E-state index contributed by atoms with van der Waals surface area (Å²) in [4.78, 5) is 17.2. The number of halogens is 4. The molecule has 0 bridgehead atoms. The van der Waals surface area contributed by atoms with E-state index in [1.807, 2.05) is 18.9 Å². The number of piperazine rings is 1. The van der Waals surface area contributed by atoms with Crippen molar-refractivity contribution in [2.24, 2.45) is 0 Å². The van der Waals surface area contributed by atoms with Gasteiger partial charge in [0.15, 0.2) is 5.65 Å². The number of rotatable bonds is 4. The van der Waals surface area contributed by atoms with Crippen molar-refractivity contribution in [3.8, 4) is 11.8 Å². The van der Waals surface area contributed by atoms with Crippen molar-refractivity contribution in [2.75, 3.05) is 38.5 Å². The molecule has 5 rings (SSSR count). The van der Waals surface area contributed by atoms with Crippen molar-refractivity contribution in [3.63, 3.8) is 0 Å². The smallest absolute Gasteiger partial charge is 0.322 e. The first-order valence-electron chi connectivity index (χ1n) is 12.6. The van der Waals surface area contributed by atoms with Gasteiger partial charge < -0.3 is 10.2 Å². The number of carbonyl (C=O) groups excluding carboxylic acids is 1. The van der Waals surface area contributed by atoms with Crippen molar-refractivity contribution in [1.82, 2.24) is 24.4 Å². The highest BCUT2D eigenvalue weighted by atomic mass is 35.5. The van der Waals surface area contributed by atoms with Gasteiger partial charge in [0.05, 0.1) is 10.6 Å². The maximum absolute atomic E-state index is 13.9. The molecule has 0 saturated carbocycles. The molecule has 2 aromatic carbocycles. The second-order valence-corrected chi connectivity index (χ2v) is 10.2. The third kappa shape index (κ3) is 6.28. The number of alkyl halides is 3. The van der Waals surface area contributed by atoms with Crippen LogP contribution in [0.1, 0.15) is 38.4 Å². The molecule has 40 heavy (non-hydrogen) atoms. The maximum atomic E-state index is 13.9. The molecule has 0 spiro atoms. The molecule has 206 valence electrons. The molecule has 1 fully saturated rings. The number of aromatic nitrogens is 3. The number of nitrogens with one attached hydrogen (secondary N) is 1. The molecular weight excluding hydrogens is 541 g/mol. The van der Waals surface area contributed by atoms with Crippen LogP contribution in [0.25, 0.3) is 5.65 Å². The highest BCUT2D eigenvalue weighted by Crippen LogP contribution is 2.34. The van der Waals surface area contributed by atoms with Crippen molar-refractivity contribution in [3.05, 3.63) is 93.4 Å². The number of hydrogen-bond donors (Lipinski definition) is 1. The van der Waals surface area contributed by atoms with Crippen molar-refractivity contribution < 1.29 is 18.0 Å². The largest absolute Gasteiger partial charge is 0.416 e. The molecule has 11 heteroatoms. The van der Waals surface area contributed by atoms with E-state index in [0.717, 1.165) is 24.7 Å². The molecule has 1 aliphatic heterocycles. The van der Waals surface area contributed by atoms with Gasteiger partial charge in [-0.05, 0) is 67.4 Å². The lowest BCUT2D eigenvalue weighted by Gasteiger charge is -2.33. The number of nitrogens with zero attached hydrogens (tertiary/aromatic N) is 5. The minimum atomic E-state index is -4.55. The Morgan fingerprint density at radius 3 is 2.55 bits per heavy atom. The SMILES string of the molecule is Cc1ccc(C(=O)Nc2ccc(CN3CCN(C)CC3)c(C(F)(F)F)c2)cc1C#Cc1nnc2ccc(Cl)cn12. The monoisotopic (exact) mass is 566 g/mol. The molecule has 3 heterocycles. The fourth-order valence-electron chi connectivity index (χ4n) is 4.48. The fraction of sp³-hybridized carbons (Fsp3) is 0.276. The Kier molecular flexibility index (Phi) is 7.81. The molecule has 4 aromatic rings. The summed E-state index contributed by atoms with van der Waals surface area (Å²) in [6.07, 6.45) is -2.89. The van der Waals surface area contributed by atoms with E-state index in [9.17, 15) is 18.0 Å². The Balaban J connectivity index is 1.35. The van der Waals surface area contributed by atoms with E-state index >= 15 is 0 Å². The van der Waals surface area contributed by atoms with Crippen LogP contribution in [0, 0.1) is 18.8 Å². The lowest BCUT2D eigenvalue weighted by atomic mass is 10.0. The molecule has 7 nitrogen and oxygen atoms in total. The predicted octanol–water partition coefficient (Wildman–Crippen LogP) is 5.11. The minimum Gasteiger partial charge on any atom is -0.322 e. The molecule has 1 aliphatic rings. The van der Waals surface area contributed by atoms with Crippen LogP contribution < -0.4 is 5.32 Å². The van der Waals surface area contributed by atoms with E-state index in [1.54, 1.807) is 40.9 Å². The quantitative estimate of drug-likeness (QED) is 0.348. The second-order valence-electron chi connectivity index (χ2n) is 9.78. The molecule has 0 aliphatic carbocycles. The van der Waals surface area contributed by atoms with E-state index in [-0.39, 0.29) is 23.4 Å². The van der Waals surface area contributed by atoms with Crippen LogP contribution in [0.15, 0.2) is 54.7 Å². The Morgan fingerprint density at radius 2 is 1.80 bits per heavy atom. The third-order valence-corrected chi connectivity index (χ3v) is 7.06. The topological polar surface area (TPSA) is 65.8 Å². The van der Waals surface area contributed by atoms with Crippen molar-refractivity contribution >= 4 is 28.8 Å². The number of benzene rings is 2. The van der Waals surface area contributed by atoms with E-state index < -0.39 is 17.6 Å². The zero-order valence-electron chi connectivity index (χ0n) is 21.9. The summed E-state index contributed by atoms with van der Waals surface area (Å²) in [5, 5.41) is 11.2. The van der Waals surface area contributed by atoms with Gasteiger partial charge >= 0.3 is 6.18 Å². The third-order valence-electron chi connectivity index (χ3n) is 6.84. The summed E-state index contributed by atoms with van der Waals surface area (Å²) in [6.45, 7) is 5.06. The highest BCUT2D eigenvalue weighted by Gasteiger charge is 2.34. The molecule has 0 atom stereocenters. The lowest BCUT2D eigenvalue weighted by molar-refractivity contribution is -0.138. The molecule has 0 radical (unpaired) electrons. The highest BCUT2D eigenvalue weighted by molar-refractivity contribution is 6.30. The number of hydrogen-bond acceptors (Lipinski definition) is 5. The standard InChI is InChI=1S/C29H26ClF3N6O/c1-19-3-4-21(15-20(19)6-9-26-35-36-27-10-7-23(30)18-39(26)27)28(40)34-24-8-5-22(25(16-24)29(31,32)33)17-38-13-11-37(2)12-14-38/h3-5,7-8,10,15-16,18H,11-14,17H2,1-2H3,(H,34,40). The number of pyridine rings is 1. The fourth-order valence-corrected chi connectivity index (χ4v) is 4.64. The second kappa shape index (κ2) is 11.3. The van der Waals surface area contributed by atoms with E-state index in [1.165, 1.54) is 12.1 Å². The number of aryl methyl sites for hydroxylation is 1. The van der Waals surface area contributed by atoms with Gasteiger partial charge in [0.2, 0.25) is 5.82 Å². The minimum absolute atomic E-state index is 0.0690. The summed E-state index contributed by atoms with van der Waals surface area (Å²) in [6, 6.07) is 12.3. The summed E-state index contributed by atoms with van der Waals surface area (Å²) in [5.41, 5.74) is 1.75. The Morgan fingerprint density at radius 1 is 1.02 bits per heavy atom. The number of anilines is 1. The van der Waals surface area contributed by atoms with Crippen LogP contribution in [-0.4, -0.2) is 63.5 Å². The van der Waals surface area contributed by atoms with Gasteiger partial charge in [0.1, 0.15) is 0 Å². The molecule has 1 N–H and O–H groups in total. The first kappa shape index (κ1) is 27.6. The predicted molar refractivity (Wildman–Crippen MR) is 147 cm³/mol. The first-order chi connectivity index (χ1) is 19.1. The van der Waals surface area contributed by atoms with Gasteiger partial charge in [-0.3, -0.25) is 14.1 Å². The number of carbonyl (C=O) groups is 1. The van der Waals surface area contributed by atoms with E-state index in [0.29, 0.717) is 35.1 Å². The first-order valence-corrected chi connectivity index (χ1v) is 13.0. The van der Waals surface area contributed by atoms with Crippen molar-refractivity contribution in [1.29, 1.82) is 0 Å². The number of fused-ring (bicyclic) bond motifs is 1. The zero-order chi connectivity index (χ0) is 28.4. The molecule has 1 saturated heterocycles. The van der Waals surface area contributed by atoms with Crippen LogP contribution in [0.2, 0.25) is 5.02 Å². The normalized spacial score (nSPS) is 14.7. The average molecular weight is 567 g/mol. The van der Waals surface area contributed by atoms with E-state index in [2.05, 4.69) is 32.3 Å². The number of likely N-dealkylation sites (N-methyl/N-ethyl adjacent to an activating group) is 1. The van der Waals surface area contributed by atoms with Crippen LogP contribution in [0.3, 0.4) is 0 Å². The van der Waals surface area contributed by atoms with Crippen LogP contribution in [0.4, 0.5) is 18.9 Å². The maximum Gasteiger partial charge on any atom is 0.416 e. The summed E-state index contributed by atoms with van der Waals surface area (Å²) in [5.74, 6) is 5.80. The van der Waals surface area contributed by atoms with Gasteiger partial charge in [-0.25, -0.2) is 0 Å². The van der Waals surface area contributed by atoms with Crippen LogP contribution in [0.5, 0.6) is 0 Å². The van der Waals surface area contributed by atoms with Gasteiger partial charge in [0.25, 0.3) is 5.91 Å². The van der Waals surface area contributed by atoms with Crippen LogP contribution >= 0.6 is 11.6 Å². The van der Waals surface area contributed by atoms with Crippen molar-refractivity contribution in [2.45, 2.75) is 19.6 Å². The molecule has 1 amide bonds. The van der Waals surface area contributed by atoms with Gasteiger partial charge in [0, 0.05) is 55.7 Å². The zero-order valence-corrected chi connectivity index (χ0v) is 22.6. The molecule has 0 unspecified atom stereocenters. The van der Waals surface area contributed by atoms with Gasteiger partial charge in [-0.1, -0.05) is 29.7 Å². The van der Waals surface area contributed by atoms with Gasteiger partial charge in [-0.2, -0.15) is 13.2 Å². The Labute approximate surface area is 234 Å². The Hall–Kier alpha value is -3.91. The average Bonchev–Trinajstić information content (AvgIpc) is 3.31. The van der Waals surface area contributed by atoms with E-state index in [4.69, 9.17) is 11.6 Å². The van der Waals surface area contributed by atoms with Gasteiger partial charge in [-0.15, -0.1) is 10.2 Å². The van der Waals surface area contributed by atoms with Crippen LogP contribution in [-0.2, 0) is 12.7 Å². The lowest BCUT2D eigenvalue weighted by Crippen LogP contribution is -2.44. The summed E-state index contributed by atoms with van der Waals surface area (Å²) >= 11 is 6.07. The number of amides is 1.